The lowest BCUT2D eigenvalue weighted by atomic mass is 10.1. The van der Waals surface area contributed by atoms with E-state index in [1.807, 2.05) is 19.2 Å². The Morgan fingerprint density at radius 2 is 2.27 bits per heavy atom. The molecule has 0 heterocycles. The van der Waals surface area contributed by atoms with Gasteiger partial charge in [-0.1, -0.05) is 18.1 Å². The summed E-state index contributed by atoms with van der Waals surface area (Å²) < 4.78 is 0. The van der Waals surface area contributed by atoms with E-state index in [4.69, 9.17) is 6.42 Å². The second-order valence-corrected chi connectivity index (χ2v) is 3.84. The Morgan fingerprint density at radius 1 is 1.53 bits per heavy atom. The van der Waals surface area contributed by atoms with Crippen LogP contribution in [0.1, 0.15) is 12.5 Å². The Bertz CT molecular complexity index is 354. The fraction of sp³-hybridized carbons (Fsp3) is 0.385. The van der Waals surface area contributed by atoms with Crippen molar-refractivity contribution in [2.24, 2.45) is 0 Å². The SMILES string of the molecule is C#CCN(C)C(C)Cc1cccc(O)c1. The van der Waals surface area contributed by atoms with Crippen molar-refractivity contribution in [1.29, 1.82) is 0 Å². The number of likely N-dealkylation sites (N-methyl/N-ethyl adjacent to an activating group) is 1. The minimum absolute atomic E-state index is 0.319. The Hall–Kier alpha value is -1.46. The van der Waals surface area contributed by atoms with Crippen molar-refractivity contribution in [1.82, 2.24) is 4.90 Å². The molecule has 0 bridgehead atoms. The van der Waals surface area contributed by atoms with E-state index >= 15 is 0 Å². The highest BCUT2D eigenvalue weighted by Gasteiger charge is 2.08. The van der Waals surface area contributed by atoms with Gasteiger partial charge in [-0.25, -0.2) is 0 Å². The number of hydrogen-bond donors (Lipinski definition) is 1. The third kappa shape index (κ3) is 3.65. The molecule has 15 heavy (non-hydrogen) atoms. The number of phenols is 1. The highest BCUT2D eigenvalue weighted by molar-refractivity contribution is 5.27. The first-order valence-electron chi connectivity index (χ1n) is 5.05. The molecule has 0 spiro atoms. The first kappa shape index (κ1) is 11.6. The fourth-order valence-electron chi connectivity index (χ4n) is 1.48. The van der Waals surface area contributed by atoms with E-state index in [9.17, 15) is 5.11 Å². The van der Waals surface area contributed by atoms with Crippen LogP contribution in [0.5, 0.6) is 5.75 Å². The summed E-state index contributed by atoms with van der Waals surface area (Å²) in [4.78, 5) is 2.12. The molecule has 1 N–H and O–H groups in total. The third-order valence-electron chi connectivity index (χ3n) is 2.53. The maximum atomic E-state index is 9.32. The molecular formula is C13H17NO. The van der Waals surface area contributed by atoms with Gasteiger partial charge >= 0.3 is 0 Å². The van der Waals surface area contributed by atoms with Crippen LogP contribution >= 0.6 is 0 Å². The minimum Gasteiger partial charge on any atom is -0.508 e. The quantitative estimate of drug-likeness (QED) is 0.755. The van der Waals surface area contributed by atoms with Gasteiger partial charge in [0.05, 0.1) is 6.54 Å². The molecule has 0 aliphatic carbocycles. The second-order valence-electron chi connectivity index (χ2n) is 3.84. The molecule has 1 rings (SSSR count). The molecule has 80 valence electrons. The predicted octanol–water partition coefficient (Wildman–Crippen LogP) is 1.89. The van der Waals surface area contributed by atoms with Crippen LogP contribution in [0.3, 0.4) is 0 Å². The maximum absolute atomic E-state index is 9.32. The molecule has 0 aliphatic heterocycles. The number of nitrogens with zero attached hydrogens (tertiary/aromatic N) is 1. The predicted molar refractivity (Wildman–Crippen MR) is 62.7 cm³/mol. The highest BCUT2D eigenvalue weighted by atomic mass is 16.3. The maximum Gasteiger partial charge on any atom is 0.115 e. The van der Waals surface area contributed by atoms with Gasteiger partial charge < -0.3 is 5.11 Å². The highest BCUT2D eigenvalue weighted by Crippen LogP contribution is 2.13. The van der Waals surface area contributed by atoms with Gasteiger partial charge in [0.25, 0.3) is 0 Å². The smallest absolute Gasteiger partial charge is 0.115 e. The van der Waals surface area contributed by atoms with Gasteiger partial charge in [-0.2, -0.15) is 0 Å². The van der Waals surface area contributed by atoms with Crippen molar-refractivity contribution in [2.75, 3.05) is 13.6 Å². The number of rotatable bonds is 4. The number of phenolic OH excluding ortho intramolecular Hbond substituents is 1. The number of benzene rings is 1. The summed E-state index contributed by atoms with van der Waals surface area (Å²) in [5, 5.41) is 9.32. The van der Waals surface area contributed by atoms with Crippen molar-refractivity contribution in [3.05, 3.63) is 29.8 Å². The molecule has 0 saturated carbocycles. The van der Waals surface area contributed by atoms with Gasteiger partial charge in [0.1, 0.15) is 5.75 Å². The average Bonchev–Trinajstić information content (AvgIpc) is 2.18. The molecule has 2 nitrogen and oxygen atoms in total. The van der Waals surface area contributed by atoms with Gasteiger partial charge in [0, 0.05) is 6.04 Å². The molecule has 0 saturated heterocycles. The van der Waals surface area contributed by atoms with Crippen molar-refractivity contribution in [3.63, 3.8) is 0 Å². The lowest BCUT2D eigenvalue weighted by Crippen LogP contribution is -2.31. The summed E-state index contributed by atoms with van der Waals surface area (Å²) in [5.41, 5.74) is 1.13. The van der Waals surface area contributed by atoms with Gasteiger partial charge in [0.15, 0.2) is 0 Å². The zero-order chi connectivity index (χ0) is 11.3. The van der Waals surface area contributed by atoms with E-state index < -0.39 is 0 Å². The van der Waals surface area contributed by atoms with Crippen LogP contribution in [-0.2, 0) is 6.42 Å². The van der Waals surface area contributed by atoms with Crippen molar-refractivity contribution < 1.29 is 5.11 Å². The van der Waals surface area contributed by atoms with E-state index in [-0.39, 0.29) is 0 Å². The van der Waals surface area contributed by atoms with Crippen LogP contribution in [0.15, 0.2) is 24.3 Å². The monoisotopic (exact) mass is 203 g/mol. The van der Waals surface area contributed by atoms with Crippen molar-refractivity contribution >= 4 is 0 Å². The Labute approximate surface area is 91.5 Å². The average molecular weight is 203 g/mol. The first-order valence-corrected chi connectivity index (χ1v) is 5.05. The summed E-state index contributed by atoms with van der Waals surface area (Å²) in [5.74, 6) is 2.94. The molecule has 0 fully saturated rings. The van der Waals surface area contributed by atoms with E-state index in [0.29, 0.717) is 18.3 Å². The van der Waals surface area contributed by atoms with Gasteiger partial charge in [0.2, 0.25) is 0 Å². The van der Waals surface area contributed by atoms with Crippen LogP contribution in [-0.4, -0.2) is 29.6 Å². The van der Waals surface area contributed by atoms with Crippen LogP contribution in [0.2, 0.25) is 0 Å². The number of hydrogen-bond acceptors (Lipinski definition) is 2. The van der Waals surface area contributed by atoms with Gasteiger partial charge in [-0.3, -0.25) is 4.90 Å². The second kappa shape index (κ2) is 5.43. The molecule has 0 amide bonds. The van der Waals surface area contributed by atoms with Crippen molar-refractivity contribution in [3.8, 4) is 18.1 Å². The molecular weight excluding hydrogens is 186 g/mol. The molecule has 0 aromatic heterocycles. The molecule has 1 unspecified atom stereocenters. The third-order valence-corrected chi connectivity index (χ3v) is 2.53. The number of terminal acetylenes is 1. The Balaban J connectivity index is 2.58. The van der Waals surface area contributed by atoms with E-state index in [1.165, 1.54) is 0 Å². The summed E-state index contributed by atoms with van der Waals surface area (Å²) in [6, 6.07) is 7.72. The topological polar surface area (TPSA) is 23.5 Å². The van der Waals surface area contributed by atoms with Gasteiger partial charge in [-0.05, 0) is 38.1 Å². The summed E-state index contributed by atoms with van der Waals surface area (Å²) in [6.07, 6.45) is 6.15. The lowest BCUT2D eigenvalue weighted by Gasteiger charge is -2.22. The zero-order valence-electron chi connectivity index (χ0n) is 9.27. The molecule has 0 radical (unpaired) electrons. The van der Waals surface area contributed by atoms with Crippen LogP contribution in [0, 0.1) is 12.3 Å². The minimum atomic E-state index is 0.319. The lowest BCUT2D eigenvalue weighted by molar-refractivity contribution is 0.287. The normalized spacial score (nSPS) is 12.4. The number of aromatic hydroxyl groups is 1. The molecule has 1 atom stereocenters. The Morgan fingerprint density at radius 3 is 2.87 bits per heavy atom. The standard InChI is InChI=1S/C13H17NO/c1-4-8-14(3)11(2)9-12-6-5-7-13(15)10-12/h1,5-7,10-11,15H,8-9H2,2-3H3. The molecule has 2 heteroatoms. The zero-order valence-corrected chi connectivity index (χ0v) is 9.27. The fourth-order valence-corrected chi connectivity index (χ4v) is 1.48. The summed E-state index contributed by atoms with van der Waals surface area (Å²) in [7, 11) is 2.01. The molecule has 1 aromatic rings. The Kier molecular flexibility index (Phi) is 4.20. The van der Waals surface area contributed by atoms with E-state index in [0.717, 1.165) is 12.0 Å². The molecule has 0 aliphatic rings. The van der Waals surface area contributed by atoms with Crippen LogP contribution in [0.25, 0.3) is 0 Å². The summed E-state index contributed by atoms with van der Waals surface area (Å²) in [6.45, 7) is 2.78. The van der Waals surface area contributed by atoms with E-state index in [1.54, 1.807) is 12.1 Å². The van der Waals surface area contributed by atoms with Gasteiger partial charge in [-0.15, -0.1) is 6.42 Å². The largest absolute Gasteiger partial charge is 0.508 e. The molecule has 1 aromatic carbocycles. The van der Waals surface area contributed by atoms with Crippen LogP contribution in [0.4, 0.5) is 0 Å². The van der Waals surface area contributed by atoms with Crippen LogP contribution < -0.4 is 0 Å². The van der Waals surface area contributed by atoms with E-state index in [2.05, 4.69) is 17.7 Å². The first-order chi connectivity index (χ1) is 7.13. The summed E-state index contributed by atoms with van der Waals surface area (Å²) >= 11 is 0. The van der Waals surface area contributed by atoms with Crippen molar-refractivity contribution in [2.45, 2.75) is 19.4 Å².